The number of carbonyl (C=O) groups excluding carboxylic acids is 1. The van der Waals surface area contributed by atoms with E-state index in [9.17, 15) is 13.4 Å². The highest BCUT2D eigenvalue weighted by atomic mass is 19.2. The van der Waals surface area contributed by atoms with E-state index in [2.05, 4.69) is 11.6 Å². The molecule has 25 heavy (non-hydrogen) atoms. The summed E-state index contributed by atoms with van der Waals surface area (Å²) in [5.41, 5.74) is 0.396. The minimum atomic E-state index is -3.03. The smallest absolute Gasteiger partial charge is 0.504 e. The highest BCUT2D eigenvalue weighted by Gasteiger charge is 2.23. The SMILES string of the molecule is CCCCOc1ccc(C(=O)c2ccc(OC)cc2OB(F)F)cc1. The van der Waals surface area contributed by atoms with Crippen molar-refractivity contribution in [2.45, 2.75) is 19.8 Å². The number of rotatable bonds is 9. The molecule has 0 aliphatic heterocycles. The maximum atomic E-state index is 12.6. The van der Waals surface area contributed by atoms with Gasteiger partial charge in [0.1, 0.15) is 17.2 Å². The predicted molar refractivity (Wildman–Crippen MR) is 91.9 cm³/mol. The van der Waals surface area contributed by atoms with Crippen molar-refractivity contribution in [3.63, 3.8) is 0 Å². The monoisotopic (exact) mass is 348 g/mol. The van der Waals surface area contributed by atoms with Crippen LogP contribution < -0.4 is 14.1 Å². The zero-order chi connectivity index (χ0) is 18.2. The molecule has 2 rings (SSSR count). The molecule has 2 aromatic rings. The molecule has 0 N–H and O–H groups in total. The molecule has 0 atom stereocenters. The van der Waals surface area contributed by atoms with Crippen molar-refractivity contribution >= 4 is 13.3 Å². The van der Waals surface area contributed by atoms with Crippen molar-refractivity contribution in [3.8, 4) is 17.2 Å². The van der Waals surface area contributed by atoms with Crippen LogP contribution in [0, 0.1) is 0 Å². The molecule has 0 unspecified atom stereocenters. The summed E-state index contributed by atoms with van der Waals surface area (Å²) < 4.78 is 40.2. The fraction of sp³-hybridized carbons (Fsp3) is 0.278. The number of carbonyl (C=O) groups is 1. The Labute approximate surface area is 145 Å². The molecule has 0 heterocycles. The predicted octanol–water partition coefficient (Wildman–Crippen LogP) is 4.41. The lowest BCUT2D eigenvalue weighted by molar-refractivity contribution is 0.103. The number of benzene rings is 2. The number of methoxy groups -OCH3 is 1. The van der Waals surface area contributed by atoms with E-state index in [4.69, 9.17) is 9.47 Å². The Morgan fingerprint density at radius 1 is 1.08 bits per heavy atom. The van der Waals surface area contributed by atoms with Gasteiger partial charge in [0, 0.05) is 11.6 Å². The second kappa shape index (κ2) is 9.06. The molecule has 0 bridgehead atoms. The number of hydrogen-bond donors (Lipinski definition) is 0. The molecule has 0 saturated heterocycles. The number of ether oxygens (including phenoxy) is 2. The van der Waals surface area contributed by atoms with Gasteiger partial charge in [-0.15, -0.1) is 0 Å². The summed E-state index contributed by atoms with van der Waals surface area (Å²) in [6.07, 6.45) is 1.97. The summed E-state index contributed by atoms with van der Waals surface area (Å²) in [6, 6.07) is 10.8. The minimum absolute atomic E-state index is 0.0424. The average molecular weight is 348 g/mol. The minimum Gasteiger partial charge on any atom is -0.504 e. The lowest BCUT2D eigenvalue weighted by atomic mass is 10.0. The molecular weight excluding hydrogens is 329 g/mol. The van der Waals surface area contributed by atoms with Gasteiger partial charge in [0.2, 0.25) is 0 Å². The van der Waals surface area contributed by atoms with E-state index >= 15 is 0 Å². The van der Waals surface area contributed by atoms with Crippen LogP contribution >= 0.6 is 0 Å². The second-order valence-electron chi connectivity index (χ2n) is 5.30. The summed E-state index contributed by atoms with van der Waals surface area (Å²) in [6.45, 7) is 2.67. The third kappa shape index (κ3) is 5.21. The first-order valence-electron chi connectivity index (χ1n) is 7.95. The third-order valence-electron chi connectivity index (χ3n) is 3.53. The molecule has 0 aliphatic carbocycles. The lowest BCUT2D eigenvalue weighted by Gasteiger charge is -2.11. The van der Waals surface area contributed by atoms with Gasteiger partial charge in [-0.05, 0) is 42.8 Å². The van der Waals surface area contributed by atoms with E-state index in [1.54, 1.807) is 24.3 Å². The molecule has 2 aromatic carbocycles. The van der Waals surface area contributed by atoms with Gasteiger partial charge in [0.15, 0.2) is 5.78 Å². The summed E-state index contributed by atoms with van der Waals surface area (Å²) in [5.74, 6) is 0.344. The van der Waals surface area contributed by atoms with Crippen molar-refractivity contribution in [2.75, 3.05) is 13.7 Å². The first kappa shape index (κ1) is 18.8. The van der Waals surface area contributed by atoms with Gasteiger partial charge >= 0.3 is 7.47 Å². The molecule has 0 aromatic heterocycles. The molecule has 0 aliphatic rings. The summed E-state index contributed by atoms with van der Waals surface area (Å²) >= 11 is 0. The van der Waals surface area contributed by atoms with Crippen molar-refractivity contribution < 1.29 is 27.6 Å². The van der Waals surface area contributed by atoms with Crippen LogP contribution in [0.1, 0.15) is 35.7 Å². The quantitative estimate of drug-likeness (QED) is 0.383. The van der Waals surface area contributed by atoms with E-state index in [-0.39, 0.29) is 11.3 Å². The largest absolute Gasteiger partial charge is 0.796 e. The van der Waals surface area contributed by atoms with Crippen LogP contribution in [-0.4, -0.2) is 27.0 Å². The van der Waals surface area contributed by atoms with Gasteiger partial charge in [0.25, 0.3) is 0 Å². The zero-order valence-corrected chi connectivity index (χ0v) is 14.1. The maximum absolute atomic E-state index is 12.6. The van der Waals surface area contributed by atoms with Crippen molar-refractivity contribution in [1.29, 1.82) is 0 Å². The van der Waals surface area contributed by atoms with E-state index in [0.717, 1.165) is 12.8 Å². The van der Waals surface area contributed by atoms with Crippen LogP contribution in [0.2, 0.25) is 0 Å². The Hall–Kier alpha value is -2.57. The Bertz CT molecular complexity index is 705. The van der Waals surface area contributed by atoms with Crippen LogP contribution in [0.3, 0.4) is 0 Å². The van der Waals surface area contributed by atoms with E-state index in [1.807, 2.05) is 0 Å². The van der Waals surface area contributed by atoms with Gasteiger partial charge in [-0.25, -0.2) is 8.63 Å². The highest BCUT2D eigenvalue weighted by Crippen LogP contribution is 2.28. The number of ketones is 1. The van der Waals surface area contributed by atoms with Crippen LogP contribution in [0.25, 0.3) is 0 Å². The Morgan fingerprint density at radius 2 is 1.76 bits per heavy atom. The third-order valence-corrected chi connectivity index (χ3v) is 3.53. The van der Waals surface area contributed by atoms with Crippen molar-refractivity contribution in [3.05, 3.63) is 53.6 Å². The first-order chi connectivity index (χ1) is 12.0. The molecule has 0 radical (unpaired) electrons. The fourth-order valence-electron chi connectivity index (χ4n) is 2.20. The molecule has 132 valence electrons. The molecule has 0 fully saturated rings. The average Bonchev–Trinajstić information content (AvgIpc) is 2.61. The van der Waals surface area contributed by atoms with Crippen LogP contribution in [0.5, 0.6) is 17.2 Å². The Morgan fingerprint density at radius 3 is 2.36 bits per heavy atom. The van der Waals surface area contributed by atoms with Gasteiger partial charge < -0.3 is 14.1 Å². The molecule has 0 spiro atoms. The molecule has 4 nitrogen and oxygen atoms in total. The van der Waals surface area contributed by atoms with Gasteiger partial charge in [-0.3, -0.25) is 4.79 Å². The van der Waals surface area contributed by atoms with Crippen LogP contribution in [0.4, 0.5) is 8.63 Å². The summed E-state index contributed by atoms with van der Waals surface area (Å²) in [4.78, 5) is 12.6. The Kier molecular flexibility index (Phi) is 6.80. The number of hydrogen-bond acceptors (Lipinski definition) is 4. The zero-order valence-electron chi connectivity index (χ0n) is 14.1. The van der Waals surface area contributed by atoms with Crippen LogP contribution in [-0.2, 0) is 0 Å². The summed E-state index contributed by atoms with van der Waals surface area (Å²) in [5, 5.41) is 0. The van der Waals surface area contributed by atoms with Crippen molar-refractivity contribution in [2.24, 2.45) is 0 Å². The van der Waals surface area contributed by atoms with Gasteiger partial charge in [-0.2, -0.15) is 0 Å². The van der Waals surface area contributed by atoms with Crippen LogP contribution in [0.15, 0.2) is 42.5 Å². The molecule has 7 heteroatoms. The number of halogens is 2. The number of unbranched alkanes of at least 4 members (excludes halogenated alkanes) is 1. The van der Waals surface area contributed by atoms with Gasteiger partial charge in [0.05, 0.1) is 19.3 Å². The fourth-order valence-corrected chi connectivity index (χ4v) is 2.20. The standard InChI is InChI=1S/C18H19BF2O4/c1-3-4-11-24-14-7-5-13(6-8-14)18(22)16-10-9-15(23-2)12-17(16)25-19(20)21/h5-10,12H,3-4,11H2,1-2H3. The van der Waals surface area contributed by atoms with Gasteiger partial charge in [-0.1, -0.05) is 13.3 Å². The highest BCUT2D eigenvalue weighted by molar-refractivity contribution is 6.35. The summed E-state index contributed by atoms with van der Waals surface area (Å²) in [7, 11) is -1.63. The first-order valence-corrected chi connectivity index (χ1v) is 7.95. The maximum Gasteiger partial charge on any atom is 0.796 e. The lowest BCUT2D eigenvalue weighted by Crippen LogP contribution is -2.13. The molecular formula is C18H19BF2O4. The Balaban J connectivity index is 2.21. The normalized spacial score (nSPS) is 10.2. The van der Waals surface area contributed by atoms with E-state index in [0.29, 0.717) is 23.7 Å². The topological polar surface area (TPSA) is 44.8 Å². The molecule has 0 saturated carbocycles. The van der Waals surface area contributed by atoms with E-state index in [1.165, 1.54) is 25.3 Å². The molecule has 0 amide bonds. The van der Waals surface area contributed by atoms with Crippen molar-refractivity contribution in [1.82, 2.24) is 0 Å². The second-order valence-corrected chi connectivity index (χ2v) is 5.30. The van der Waals surface area contributed by atoms with E-state index < -0.39 is 13.3 Å².